The summed E-state index contributed by atoms with van der Waals surface area (Å²) in [7, 11) is 0. The van der Waals surface area contributed by atoms with Gasteiger partial charge in [0, 0.05) is 6.20 Å². The van der Waals surface area contributed by atoms with Crippen LogP contribution in [0.2, 0.25) is 4.34 Å². The van der Waals surface area contributed by atoms with Crippen LogP contribution < -0.4 is 0 Å². The molecule has 3 rings (SSSR count). The molecule has 0 saturated heterocycles. The highest BCUT2D eigenvalue weighted by atomic mass is 35.5. The van der Waals surface area contributed by atoms with Crippen molar-refractivity contribution in [3.8, 4) is 10.6 Å². The standard InChI is InChI=1S/C12H7ClN2O2S/c13-10-5-4-9(18-10)7-6-15-8(12(16)17)2-1-3-11(15)14-7/h1-6H,(H,16,17). The van der Waals surface area contributed by atoms with Crippen LogP contribution in [-0.4, -0.2) is 20.5 Å². The number of thiophene rings is 1. The van der Waals surface area contributed by atoms with Crippen LogP contribution in [0, 0.1) is 0 Å². The zero-order valence-corrected chi connectivity index (χ0v) is 10.6. The molecule has 0 aromatic carbocycles. The zero-order valence-electron chi connectivity index (χ0n) is 9.00. The number of imidazole rings is 1. The number of nitrogens with zero attached hydrogens (tertiary/aromatic N) is 2. The molecule has 0 bridgehead atoms. The van der Waals surface area contributed by atoms with Gasteiger partial charge in [0.15, 0.2) is 0 Å². The Morgan fingerprint density at radius 2 is 2.17 bits per heavy atom. The topological polar surface area (TPSA) is 54.6 Å². The molecular weight excluding hydrogens is 272 g/mol. The average Bonchev–Trinajstić information content (AvgIpc) is 2.93. The third-order valence-electron chi connectivity index (χ3n) is 2.54. The molecule has 4 nitrogen and oxygen atoms in total. The first kappa shape index (κ1) is 11.3. The molecule has 0 radical (unpaired) electrons. The summed E-state index contributed by atoms with van der Waals surface area (Å²) >= 11 is 7.29. The fourth-order valence-electron chi connectivity index (χ4n) is 1.76. The van der Waals surface area contributed by atoms with E-state index in [1.165, 1.54) is 11.3 Å². The number of pyridine rings is 1. The molecule has 0 fully saturated rings. The van der Waals surface area contributed by atoms with Gasteiger partial charge in [-0.05, 0) is 24.3 Å². The smallest absolute Gasteiger partial charge is 0.352 e. The lowest BCUT2D eigenvalue weighted by molar-refractivity contribution is 0.0689. The van der Waals surface area contributed by atoms with Gasteiger partial charge in [0.1, 0.15) is 11.3 Å². The molecule has 3 aromatic rings. The van der Waals surface area contributed by atoms with Gasteiger partial charge in [-0.15, -0.1) is 11.3 Å². The Morgan fingerprint density at radius 3 is 2.83 bits per heavy atom. The second-order valence-electron chi connectivity index (χ2n) is 3.67. The minimum Gasteiger partial charge on any atom is -0.477 e. The molecule has 0 spiro atoms. The third-order valence-corrected chi connectivity index (χ3v) is 3.79. The van der Waals surface area contributed by atoms with Gasteiger partial charge in [-0.3, -0.25) is 4.40 Å². The van der Waals surface area contributed by atoms with E-state index in [9.17, 15) is 4.79 Å². The Labute approximate surface area is 111 Å². The van der Waals surface area contributed by atoms with E-state index in [2.05, 4.69) is 4.98 Å². The van der Waals surface area contributed by atoms with Gasteiger partial charge in [-0.2, -0.15) is 0 Å². The molecule has 0 aliphatic heterocycles. The molecule has 3 aromatic heterocycles. The molecule has 0 aliphatic carbocycles. The number of halogens is 1. The Morgan fingerprint density at radius 1 is 1.33 bits per heavy atom. The summed E-state index contributed by atoms with van der Waals surface area (Å²) < 4.78 is 2.24. The van der Waals surface area contributed by atoms with Crippen LogP contribution in [0.15, 0.2) is 36.5 Å². The number of hydrogen-bond acceptors (Lipinski definition) is 3. The molecule has 90 valence electrons. The predicted molar refractivity (Wildman–Crippen MR) is 70.5 cm³/mol. The van der Waals surface area contributed by atoms with Crippen LogP contribution in [0.3, 0.4) is 0 Å². The number of carboxylic acid groups (broad SMARTS) is 1. The third kappa shape index (κ3) is 1.77. The lowest BCUT2D eigenvalue weighted by Crippen LogP contribution is -2.03. The van der Waals surface area contributed by atoms with E-state index < -0.39 is 5.97 Å². The quantitative estimate of drug-likeness (QED) is 0.781. The Hall–Kier alpha value is -1.85. The Bertz CT molecular complexity index is 747. The Kier molecular flexibility index (Phi) is 2.57. The zero-order chi connectivity index (χ0) is 12.7. The van der Waals surface area contributed by atoms with Crippen molar-refractivity contribution < 1.29 is 9.90 Å². The van der Waals surface area contributed by atoms with Crippen molar-refractivity contribution in [1.29, 1.82) is 0 Å². The molecule has 0 aliphatic rings. The second kappa shape index (κ2) is 4.12. The van der Waals surface area contributed by atoms with E-state index in [0.717, 1.165) is 10.6 Å². The maximum Gasteiger partial charge on any atom is 0.352 e. The normalized spacial score (nSPS) is 10.9. The average molecular weight is 279 g/mol. The maximum atomic E-state index is 11.1. The first-order valence-corrected chi connectivity index (χ1v) is 6.32. The molecule has 1 N–H and O–H groups in total. The van der Waals surface area contributed by atoms with Crippen LogP contribution in [0.25, 0.3) is 16.2 Å². The van der Waals surface area contributed by atoms with Gasteiger partial charge >= 0.3 is 5.97 Å². The van der Waals surface area contributed by atoms with Gasteiger partial charge in [0.25, 0.3) is 0 Å². The lowest BCUT2D eigenvalue weighted by Gasteiger charge is -1.97. The number of carboxylic acids is 1. The minimum atomic E-state index is -0.978. The van der Waals surface area contributed by atoms with Crippen LogP contribution >= 0.6 is 22.9 Å². The van der Waals surface area contributed by atoms with E-state index in [4.69, 9.17) is 16.7 Å². The number of hydrogen-bond donors (Lipinski definition) is 1. The molecule has 6 heteroatoms. The molecule has 18 heavy (non-hydrogen) atoms. The summed E-state index contributed by atoms with van der Waals surface area (Å²) in [6, 6.07) is 8.66. The first-order valence-electron chi connectivity index (χ1n) is 5.12. The van der Waals surface area contributed by atoms with Crippen LogP contribution in [0.5, 0.6) is 0 Å². The fraction of sp³-hybridized carbons (Fsp3) is 0. The number of aromatic nitrogens is 2. The highest BCUT2D eigenvalue weighted by Gasteiger charge is 2.12. The summed E-state index contributed by atoms with van der Waals surface area (Å²) in [6.07, 6.45) is 1.71. The van der Waals surface area contributed by atoms with Crippen LogP contribution in [-0.2, 0) is 0 Å². The molecule has 0 saturated carbocycles. The summed E-state index contributed by atoms with van der Waals surface area (Å²) in [5.41, 5.74) is 1.52. The lowest BCUT2D eigenvalue weighted by atomic mass is 10.3. The van der Waals surface area contributed by atoms with Crippen molar-refractivity contribution in [2.45, 2.75) is 0 Å². The summed E-state index contributed by atoms with van der Waals surface area (Å²) in [4.78, 5) is 16.4. The van der Waals surface area contributed by atoms with Crippen molar-refractivity contribution in [3.05, 3.63) is 46.6 Å². The van der Waals surface area contributed by atoms with Crippen molar-refractivity contribution in [2.75, 3.05) is 0 Å². The van der Waals surface area contributed by atoms with Gasteiger partial charge in [0.05, 0.1) is 14.9 Å². The highest BCUT2D eigenvalue weighted by molar-refractivity contribution is 7.19. The van der Waals surface area contributed by atoms with Crippen molar-refractivity contribution in [3.63, 3.8) is 0 Å². The van der Waals surface area contributed by atoms with E-state index in [-0.39, 0.29) is 5.69 Å². The van der Waals surface area contributed by atoms with E-state index in [1.54, 1.807) is 34.9 Å². The van der Waals surface area contributed by atoms with Crippen LogP contribution in [0.1, 0.15) is 10.5 Å². The summed E-state index contributed by atoms with van der Waals surface area (Å²) in [5.74, 6) is -0.978. The predicted octanol–water partition coefficient (Wildman–Crippen LogP) is 3.41. The molecule has 0 unspecified atom stereocenters. The monoisotopic (exact) mass is 278 g/mol. The number of rotatable bonds is 2. The highest BCUT2D eigenvalue weighted by Crippen LogP contribution is 2.30. The first-order chi connectivity index (χ1) is 8.65. The number of fused-ring (bicyclic) bond motifs is 1. The largest absolute Gasteiger partial charge is 0.477 e. The maximum absolute atomic E-state index is 11.1. The molecule has 3 heterocycles. The van der Waals surface area contributed by atoms with Gasteiger partial charge in [-0.1, -0.05) is 17.7 Å². The SMILES string of the molecule is O=C(O)c1cccc2nc(-c3ccc(Cl)s3)cn12. The van der Waals surface area contributed by atoms with Gasteiger partial charge < -0.3 is 5.11 Å². The minimum absolute atomic E-state index is 0.189. The van der Waals surface area contributed by atoms with E-state index >= 15 is 0 Å². The fourth-order valence-corrected chi connectivity index (χ4v) is 2.75. The van der Waals surface area contributed by atoms with E-state index in [0.29, 0.717) is 9.98 Å². The van der Waals surface area contributed by atoms with E-state index in [1.807, 2.05) is 6.07 Å². The van der Waals surface area contributed by atoms with Crippen molar-refractivity contribution in [1.82, 2.24) is 9.38 Å². The Balaban J connectivity index is 2.22. The molecular formula is C12H7ClN2O2S. The van der Waals surface area contributed by atoms with Crippen LogP contribution in [0.4, 0.5) is 0 Å². The summed E-state index contributed by atoms with van der Waals surface area (Å²) in [6.45, 7) is 0. The van der Waals surface area contributed by atoms with Gasteiger partial charge in [0.2, 0.25) is 0 Å². The van der Waals surface area contributed by atoms with Gasteiger partial charge in [-0.25, -0.2) is 9.78 Å². The molecule has 0 amide bonds. The molecule has 0 atom stereocenters. The van der Waals surface area contributed by atoms with Crippen molar-refractivity contribution >= 4 is 34.6 Å². The van der Waals surface area contributed by atoms with Crippen molar-refractivity contribution in [2.24, 2.45) is 0 Å². The number of aromatic carboxylic acids is 1. The second-order valence-corrected chi connectivity index (χ2v) is 5.39. The number of carbonyl (C=O) groups is 1. The summed E-state index contributed by atoms with van der Waals surface area (Å²) in [5, 5.41) is 9.10.